The van der Waals surface area contributed by atoms with E-state index >= 15 is 0 Å². The molecule has 2 rings (SSSR count). The van der Waals surface area contributed by atoms with E-state index in [0.29, 0.717) is 12.3 Å². The van der Waals surface area contributed by atoms with Crippen molar-refractivity contribution in [1.82, 2.24) is 5.32 Å². The highest BCUT2D eigenvalue weighted by atomic mass is 16.5. The number of hydrogen-bond acceptors (Lipinski definition) is 2. The molecule has 1 aromatic carbocycles. The molecule has 0 radical (unpaired) electrons. The van der Waals surface area contributed by atoms with E-state index in [2.05, 4.69) is 11.4 Å². The summed E-state index contributed by atoms with van der Waals surface area (Å²) < 4.78 is 5.36. The van der Waals surface area contributed by atoms with Crippen LogP contribution in [0.3, 0.4) is 0 Å². The predicted molar refractivity (Wildman–Crippen MR) is 62.6 cm³/mol. The molecular weight excluding hydrogens is 202 g/mol. The van der Waals surface area contributed by atoms with Crippen molar-refractivity contribution in [3.8, 4) is 5.75 Å². The molecule has 0 bridgehead atoms. The second kappa shape index (κ2) is 5.01. The molecular formula is C13H17NO2. The van der Waals surface area contributed by atoms with Crippen LogP contribution < -0.4 is 10.1 Å². The van der Waals surface area contributed by atoms with Crippen LogP contribution in [0.2, 0.25) is 0 Å². The van der Waals surface area contributed by atoms with Crippen molar-refractivity contribution in [1.29, 1.82) is 0 Å². The van der Waals surface area contributed by atoms with Gasteiger partial charge in [-0.1, -0.05) is 18.2 Å². The minimum absolute atomic E-state index is 0.164. The van der Waals surface area contributed by atoms with E-state index in [4.69, 9.17) is 4.74 Å². The van der Waals surface area contributed by atoms with Gasteiger partial charge in [-0.25, -0.2) is 0 Å². The highest BCUT2D eigenvalue weighted by Crippen LogP contribution is 2.32. The summed E-state index contributed by atoms with van der Waals surface area (Å²) in [5.41, 5.74) is 1.22. The summed E-state index contributed by atoms with van der Waals surface area (Å²) in [7, 11) is 1.69. The molecule has 1 N–H and O–H groups in total. The van der Waals surface area contributed by atoms with Crippen LogP contribution in [0.4, 0.5) is 0 Å². The first-order valence-electron chi connectivity index (χ1n) is 5.71. The Kier molecular flexibility index (Phi) is 3.44. The van der Waals surface area contributed by atoms with Crippen molar-refractivity contribution in [2.45, 2.75) is 25.2 Å². The number of carbonyl (C=O) groups is 1. The molecule has 16 heavy (non-hydrogen) atoms. The predicted octanol–water partition coefficient (Wildman–Crippen LogP) is 2.08. The number of ether oxygens (including phenoxy) is 1. The molecule has 3 nitrogen and oxygen atoms in total. The summed E-state index contributed by atoms with van der Waals surface area (Å²) in [6.07, 6.45) is 2.51. The molecule has 0 saturated carbocycles. The van der Waals surface area contributed by atoms with Gasteiger partial charge in [0.05, 0.1) is 7.11 Å². The van der Waals surface area contributed by atoms with Crippen LogP contribution in [0.1, 0.15) is 30.7 Å². The Morgan fingerprint density at radius 1 is 1.31 bits per heavy atom. The molecule has 1 unspecified atom stereocenters. The average molecular weight is 219 g/mol. The Morgan fingerprint density at radius 3 is 2.94 bits per heavy atom. The summed E-state index contributed by atoms with van der Waals surface area (Å²) in [5, 5.41) is 2.90. The Hall–Kier alpha value is -1.51. The first-order chi connectivity index (χ1) is 7.81. The lowest BCUT2D eigenvalue weighted by Crippen LogP contribution is -2.21. The van der Waals surface area contributed by atoms with Crippen LogP contribution >= 0.6 is 0 Å². The Labute approximate surface area is 95.8 Å². The van der Waals surface area contributed by atoms with Gasteiger partial charge in [0.2, 0.25) is 5.91 Å². The van der Waals surface area contributed by atoms with E-state index in [-0.39, 0.29) is 5.91 Å². The van der Waals surface area contributed by atoms with Gasteiger partial charge in [-0.3, -0.25) is 4.79 Å². The van der Waals surface area contributed by atoms with Gasteiger partial charge in [0.25, 0.3) is 0 Å². The smallest absolute Gasteiger partial charge is 0.220 e. The molecule has 1 fully saturated rings. The van der Waals surface area contributed by atoms with Crippen LogP contribution in [0.25, 0.3) is 0 Å². The normalized spacial score (nSPS) is 21.1. The fraction of sp³-hybridized carbons (Fsp3) is 0.462. The number of nitrogens with one attached hydrogen (secondary N) is 1. The van der Waals surface area contributed by atoms with Gasteiger partial charge in [-0.15, -0.1) is 0 Å². The van der Waals surface area contributed by atoms with Gasteiger partial charge in [0, 0.05) is 13.0 Å². The van der Waals surface area contributed by atoms with E-state index in [9.17, 15) is 4.79 Å². The van der Waals surface area contributed by atoms with Crippen molar-refractivity contribution >= 4 is 5.91 Å². The number of benzene rings is 1. The van der Waals surface area contributed by atoms with Crippen LogP contribution in [0.15, 0.2) is 24.3 Å². The van der Waals surface area contributed by atoms with E-state index in [0.717, 1.165) is 25.1 Å². The quantitative estimate of drug-likeness (QED) is 0.827. The highest BCUT2D eigenvalue weighted by Gasteiger charge is 2.19. The van der Waals surface area contributed by atoms with E-state index in [1.54, 1.807) is 7.11 Å². The van der Waals surface area contributed by atoms with Crippen molar-refractivity contribution in [2.75, 3.05) is 13.7 Å². The fourth-order valence-electron chi connectivity index (χ4n) is 2.24. The summed E-state index contributed by atoms with van der Waals surface area (Å²) in [4.78, 5) is 11.3. The molecule has 1 aromatic rings. The number of methoxy groups -OCH3 is 1. The zero-order valence-electron chi connectivity index (χ0n) is 9.53. The van der Waals surface area contributed by atoms with Gasteiger partial charge in [-0.2, -0.15) is 0 Å². The zero-order valence-corrected chi connectivity index (χ0v) is 9.53. The maximum absolute atomic E-state index is 11.3. The Balaban J connectivity index is 2.19. The molecule has 1 amide bonds. The molecule has 0 aliphatic carbocycles. The molecule has 1 aliphatic heterocycles. The minimum Gasteiger partial charge on any atom is -0.496 e. The molecule has 1 heterocycles. The minimum atomic E-state index is 0.164. The number of amides is 1. The number of hydrogen-bond donors (Lipinski definition) is 1. The lowest BCUT2D eigenvalue weighted by molar-refractivity contribution is -0.120. The van der Waals surface area contributed by atoms with E-state index in [1.165, 1.54) is 5.56 Å². The summed E-state index contributed by atoms with van der Waals surface area (Å²) in [6, 6.07) is 8.08. The second-order valence-electron chi connectivity index (χ2n) is 4.12. The summed E-state index contributed by atoms with van der Waals surface area (Å²) in [6.45, 7) is 0.765. The zero-order chi connectivity index (χ0) is 11.4. The second-order valence-corrected chi connectivity index (χ2v) is 4.12. The van der Waals surface area contributed by atoms with E-state index in [1.807, 2.05) is 18.2 Å². The third-order valence-electron chi connectivity index (χ3n) is 3.11. The number of rotatable bonds is 2. The third-order valence-corrected chi connectivity index (χ3v) is 3.11. The average Bonchev–Trinajstić information content (AvgIpc) is 2.54. The summed E-state index contributed by atoms with van der Waals surface area (Å²) in [5.74, 6) is 1.52. The number of carbonyl (C=O) groups excluding carboxylic acids is 1. The molecule has 0 aromatic heterocycles. The fourth-order valence-corrected chi connectivity index (χ4v) is 2.24. The molecule has 1 aliphatic rings. The SMILES string of the molecule is COc1ccccc1C1CCNC(=O)CC1. The molecule has 1 saturated heterocycles. The van der Waals surface area contributed by atoms with Gasteiger partial charge in [0.1, 0.15) is 5.75 Å². The largest absolute Gasteiger partial charge is 0.496 e. The molecule has 0 spiro atoms. The van der Waals surface area contributed by atoms with Crippen LogP contribution in [0, 0.1) is 0 Å². The maximum atomic E-state index is 11.3. The first-order valence-corrected chi connectivity index (χ1v) is 5.71. The lowest BCUT2D eigenvalue weighted by Gasteiger charge is -2.16. The van der Waals surface area contributed by atoms with Crippen molar-refractivity contribution in [3.05, 3.63) is 29.8 Å². The van der Waals surface area contributed by atoms with Crippen LogP contribution in [0.5, 0.6) is 5.75 Å². The third kappa shape index (κ3) is 2.35. The number of para-hydroxylation sites is 1. The monoisotopic (exact) mass is 219 g/mol. The van der Waals surface area contributed by atoms with Crippen LogP contribution in [-0.4, -0.2) is 19.6 Å². The topological polar surface area (TPSA) is 38.3 Å². The molecule has 86 valence electrons. The standard InChI is InChI=1S/C13H17NO2/c1-16-12-5-3-2-4-11(12)10-6-7-13(15)14-9-8-10/h2-5,10H,6-9H2,1H3,(H,14,15). The summed E-state index contributed by atoms with van der Waals surface area (Å²) >= 11 is 0. The van der Waals surface area contributed by atoms with E-state index < -0.39 is 0 Å². The van der Waals surface area contributed by atoms with Crippen LogP contribution in [-0.2, 0) is 4.79 Å². The lowest BCUT2D eigenvalue weighted by atomic mass is 9.91. The first kappa shape index (κ1) is 11.0. The van der Waals surface area contributed by atoms with Crippen molar-refractivity contribution in [2.24, 2.45) is 0 Å². The maximum Gasteiger partial charge on any atom is 0.220 e. The molecule has 3 heteroatoms. The Morgan fingerprint density at radius 2 is 2.12 bits per heavy atom. The van der Waals surface area contributed by atoms with Gasteiger partial charge in [-0.05, 0) is 30.4 Å². The molecule has 1 atom stereocenters. The highest BCUT2D eigenvalue weighted by molar-refractivity contribution is 5.76. The van der Waals surface area contributed by atoms with Gasteiger partial charge < -0.3 is 10.1 Å². The van der Waals surface area contributed by atoms with Gasteiger partial charge >= 0.3 is 0 Å². The van der Waals surface area contributed by atoms with Crippen molar-refractivity contribution < 1.29 is 9.53 Å². The van der Waals surface area contributed by atoms with Gasteiger partial charge in [0.15, 0.2) is 0 Å². The van der Waals surface area contributed by atoms with Crippen molar-refractivity contribution in [3.63, 3.8) is 0 Å². The Bertz CT molecular complexity index is 376.